The van der Waals surface area contributed by atoms with Crippen LogP contribution >= 0.6 is 11.8 Å². The maximum Gasteiger partial charge on any atom is 0.352 e. The number of hydrogen-bond donors (Lipinski definition) is 4. The predicted molar refractivity (Wildman–Crippen MR) is 113 cm³/mol. The second kappa shape index (κ2) is 9.16. The number of β-lactam (4-membered cyclic amide) rings is 1. The fourth-order valence-electron chi connectivity index (χ4n) is 3.44. The van der Waals surface area contributed by atoms with Crippen molar-refractivity contribution < 1.29 is 33.9 Å². The van der Waals surface area contributed by atoms with E-state index < -0.39 is 40.8 Å². The minimum absolute atomic E-state index is 0.00766. The van der Waals surface area contributed by atoms with E-state index in [0.717, 1.165) is 4.90 Å². The van der Waals surface area contributed by atoms with Crippen molar-refractivity contribution in [3.05, 3.63) is 65.5 Å². The number of rotatable bonds is 7. The molecule has 13 heteroatoms. The molecule has 2 aromatic rings. The summed E-state index contributed by atoms with van der Waals surface area (Å²) >= 11 is 1.24. The molecule has 4 N–H and O–H groups in total. The third-order valence-corrected chi connectivity index (χ3v) is 6.35. The van der Waals surface area contributed by atoms with E-state index in [1.54, 1.807) is 0 Å². The topological polar surface area (TPSA) is 174 Å². The summed E-state index contributed by atoms with van der Waals surface area (Å²) in [6, 6.07) is 4.94. The molecule has 2 aliphatic rings. The van der Waals surface area contributed by atoms with Crippen LogP contribution in [-0.4, -0.2) is 73.3 Å². The number of carbonyl (C=O) groups excluding carboxylic acids is 3. The first-order valence-electron chi connectivity index (χ1n) is 9.57. The number of carbonyl (C=O) groups is 4. The number of nitrogens with zero attached hydrogens (tertiary/aromatic N) is 3. The highest BCUT2D eigenvalue weighted by Crippen LogP contribution is 2.40. The van der Waals surface area contributed by atoms with Crippen LogP contribution in [-0.2, 0) is 14.4 Å². The smallest absolute Gasteiger partial charge is 0.352 e. The van der Waals surface area contributed by atoms with Crippen LogP contribution in [0.4, 0.5) is 0 Å². The Morgan fingerprint density at radius 2 is 2.03 bits per heavy atom. The van der Waals surface area contributed by atoms with Gasteiger partial charge in [-0.15, -0.1) is 11.8 Å². The molecule has 0 bridgehead atoms. The van der Waals surface area contributed by atoms with E-state index >= 15 is 0 Å². The number of aliphatic carboxylic acids is 1. The highest BCUT2D eigenvalue weighted by Gasteiger charge is 2.54. The van der Waals surface area contributed by atoms with Gasteiger partial charge in [-0.25, -0.2) is 4.79 Å². The first kappa shape index (κ1) is 22.1. The van der Waals surface area contributed by atoms with E-state index in [0.29, 0.717) is 11.1 Å². The number of hydrogen-bond acceptors (Lipinski definition) is 9. The Morgan fingerprint density at radius 1 is 1.27 bits per heavy atom. The molecule has 0 spiro atoms. The van der Waals surface area contributed by atoms with Gasteiger partial charge in [0.1, 0.15) is 17.1 Å². The van der Waals surface area contributed by atoms with Gasteiger partial charge in [-0.1, -0.05) is 5.16 Å². The van der Waals surface area contributed by atoms with Gasteiger partial charge < -0.3 is 25.4 Å². The molecule has 0 aromatic carbocycles. The molecule has 3 amide bonds. The van der Waals surface area contributed by atoms with Gasteiger partial charge in [0.15, 0.2) is 5.76 Å². The third kappa shape index (κ3) is 4.17. The fourth-order valence-corrected chi connectivity index (χ4v) is 4.79. The molecular weight excluding hydrogens is 454 g/mol. The Balaban J connectivity index is 1.46. The van der Waals surface area contributed by atoms with Crippen LogP contribution in [0, 0.1) is 0 Å². The van der Waals surface area contributed by atoms with Gasteiger partial charge in [0, 0.05) is 30.3 Å². The van der Waals surface area contributed by atoms with Crippen LogP contribution in [0.2, 0.25) is 0 Å². The SMILES string of the molecule is O=C(O)C1=C(CNC(=O)c2ccncc2)CS[C@H]2[C@H](NC(=O)C(=NO)c3ccco3)C(=O)N12. The van der Waals surface area contributed by atoms with E-state index in [1.807, 2.05) is 0 Å². The number of carboxylic acids is 1. The number of carboxylic acid groups (broad SMARTS) is 1. The summed E-state index contributed by atoms with van der Waals surface area (Å²) in [4.78, 5) is 54.3. The van der Waals surface area contributed by atoms with Crippen LogP contribution in [0.25, 0.3) is 0 Å². The highest BCUT2D eigenvalue weighted by molar-refractivity contribution is 8.00. The Kier molecular flexibility index (Phi) is 6.13. The van der Waals surface area contributed by atoms with Gasteiger partial charge in [0.2, 0.25) is 5.71 Å². The summed E-state index contributed by atoms with van der Waals surface area (Å²) < 4.78 is 5.04. The second-order valence-corrected chi connectivity index (χ2v) is 8.07. The third-order valence-electron chi connectivity index (χ3n) is 5.01. The monoisotopic (exact) mass is 471 g/mol. The summed E-state index contributed by atoms with van der Waals surface area (Å²) in [5.74, 6) is -2.98. The normalized spacial score (nSPS) is 20.1. The molecule has 0 unspecified atom stereocenters. The first-order chi connectivity index (χ1) is 15.9. The molecule has 1 saturated heterocycles. The lowest BCUT2D eigenvalue weighted by molar-refractivity contribution is -0.150. The van der Waals surface area contributed by atoms with Crippen molar-refractivity contribution in [3.8, 4) is 0 Å². The molecule has 2 aliphatic heterocycles. The highest BCUT2D eigenvalue weighted by atomic mass is 32.2. The van der Waals surface area contributed by atoms with Crippen LogP contribution < -0.4 is 10.6 Å². The number of nitrogens with one attached hydrogen (secondary N) is 2. The van der Waals surface area contributed by atoms with E-state index in [-0.39, 0.29) is 23.8 Å². The maximum atomic E-state index is 12.7. The van der Waals surface area contributed by atoms with Gasteiger partial charge in [-0.05, 0) is 29.8 Å². The molecular formula is C20H17N5O7S. The standard InChI is InChI=1S/C20H17N5O7S/c26-16(10-3-5-21-6-4-10)22-8-11-9-33-19-14(18(28)25(19)15(11)20(29)30)23-17(27)13(24-31)12-2-1-7-32-12/h1-7,14,19,31H,8-9H2,(H,22,26)(H,23,27)(H,29,30)/t14-,19+/m1/s1. The number of amides is 3. The van der Waals surface area contributed by atoms with Crippen molar-refractivity contribution in [2.45, 2.75) is 11.4 Å². The van der Waals surface area contributed by atoms with Crippen LogP contribution in [0.1, 0.15) is 16.1 Å². The van der Waals surface area contributed by atoms with Gasteiger partial charge in [0.25, 0.3) is 17.7 Å². The molecule has 1 fully saturated rings. The van der Waals surface area contributed by atoms with Crippen LogP contribution in [0.3, 0.4) is 0 Å². The molecule has 4 rings (SSSR count). The zero-order valence-electron chi connectivity index (χ0n) is 16.8. The Morgan fingerprint density at radius 3 is 2.67 bits per heavy atom. The van der Waals surface area contributed by atoms with Gasteiger partial charge in [-0.3, -0.25) is 24.3 Å². The molecule has 2 aromatic heterocycles. The van der Waals surface area contributed by atoms with Gasteiger partial charge >= 0.3 is 5.97 Å². The lowest BCUT2D eigenvalue weighted by Gasteiger charge is -2.49. The van der Waals surface area contributed by atoms with E-state index in [4.69, 9.17) is 9.62 Å². The molecule has 170 valence electrons. The maximum absolute atomic E-state index is 12.7. The van der Waals surface area contributed by atoms with Gasteiger partial charge in [-0.2, -0.15) is 0 Å². The average Bonchev–Trinajstić information content (AvgIpc) is 3.35. The van der Waals surface area contributed by atoms with Crippen molar-refractivity contribution in [2.75, 3.05) is 12.3 Å². The minimum atomic E-state index is -1.32. The predicted octanol–water partition coefficient (Wildman–Crippen LogP) is 0.0215. The zero-order chi connectivity index (χ0) is 23.5. The zero-order valence-corrected chi connectivity index (χ0v) is 17.6. The molecule has 33 heavy (non-hydrogen) atoms. The first-order valence-corrected chi connectivity index (χ1v) is 10.6. The minimum Gasteiger partial charge on any atom is -0.477 e. The number of pyridine rings is 1. The molecule has 2 atom stereocenters. The van der Waals surface area contributed by atoms with E-state index in [2.05, 4.69) is 20.8 Å². The van der Waals surface area contributed by atoms with E-state index in [9.17, 15) is 24.3 Å². The Hall–Kier alpha value is -4.13. The number of aromatic nitrogens is 1. The molecule has 12 nitrogen and oxygen atoms in total. The Bertz CT molecular complexity index is 1160. The number of fused-ring (bicyclic) bond motifs is 1. The van der Waals surface area contributed by atoms with Crippen molar-refractivity contribution in [3.63, 3.8) is 0 Å². The quantitative estimate of drug-likeness (QED) is 0.188. The summed E-state index contributed by atoms with van der Waals surface area (Å²) in [5, 5.41) is 26.2. The summed E-state index contributed by atoms with van der Waals surface area (Å²) in [6.07, 6.45) is 4.22. The lowest BCUT2D eigenvalue weighted by Crippen LogP contribution is -2.71. The summed E-state index contributed by atoms with van der Waals surface area (Å²) in [7, 11) is 0. The average molecular weight is 471 g/mol. The van der Waals surface area contributed by atoms with Crippen molar-refractivity contribution in [2.24, 2.45) is 5.16 Å². The van der Waals surface area contributed by atoms with E-state index in [1.165, 1.54) is 54.7 Å². The second-order valence-electron chi connectivity index (χ2n) is 6.96. The Labute approximate surface area is 190 Å². The number of oxime groups is 1. The van der Waals surface area contributed by atoms with Crippen molar-refractivity contribution >= 4 is 41.2 Å². The number of thioether (sulfide) groups is 1. The fraction of sp³-hybridized carbons (Fsp3) is 0.200. The number of furan rings is 1. The molecule has 4 heterocycles. The van der Waals surface area contributed by atoms with Crippen LogP contribution in [0.15, 0.2) is 63.8 Å². The lowest BCUT2D eigenvalue weighted by atomic mass is 10.0. The van der Waals surface area contributed by atoms with Gasteiger partial charge in [0.05, 0.1) is 6.26 Å². The van der Waals surface area contributed by atoms with Crippen molar-refractivity contribution in [1.29, 1.82) is 0 Å². The largest absolute Gasteiger partial charge is 0.477 e. The molecule has 0 radical (unpaired) electrons. The molecule has 0 saturated carbocycles. The van der Waals surface area contributed by atoms with Crippen LogP contribution in [0.5, 0.6) is 0 Å². The summed E-state index contributed by atoms with van der Waals surface area (Å²) in [6.45, 7) is -0.0663. The molecule has 0 aliphatic carbocycles. The van der Waals surface area contributed by atoms with Crippen molar-refractivity contribution in [1.82, 2.24) is 20.5 Å². The summed E-state index contributed by atoms with van der Waals surface area (Å²) in [5.41, 5.74) is 0.0777.